The first-order valence-electron chi connectivity index (χ1n) is 6.36. The second kappa shape index (κ2) is 4.48. The van der Waals surface area contributed by atoms with Crippen LogP contribution in [0.2, 0.25) is 0 Å². The van der Waals surface area contributed by atoms with Gasteiger partial charge < -0.3 is 4.52 Å². The number of nitrogens with zero attached hydrogens (tertiary/aromatic N) is 6. The normalized spacial score (nSPS) is 11.1. The standard InChI is InChI=1S/C14H10N6O/c1-9-18-13(19-21-9)10-2-4-15-11(8-10)14-17-5-3-12-16-6-7-20(12)14/h2-8H,1H3. The van der Waals surface area contributed by atoms with Crippen molar-refractivity contribution >= 4 is 5.65 Å². The van der Waals surface area contributed by atoms with Gasteiger partial charge in [0.15, 0.2) is 5.82 Å². The van der Waals surface area contributed by atoms with Crippen LogP contribution in [0.5, 0.6) is 0 Å². The molecule has 0 atom stereocenters. The van der Waals surface area contributed by atoms with Gasteiger partial charge in [0.1, 0.15) is 11.3 Å². The number of hydrogen-bond donors (Lipinski definition) is 0. The molecule has 4 heterocycles. The second-order valence-electron chi connectivity index (χ2n) is 4.49. The van der Waals surface area contributed by atoms with E-state index in [0.29, 0.717) is 17.5 Å². The first kappa shape index (κ1) is 11.7. The summed E-state index contributed by atoms with van der Waals surface area (Å²) < 4.78 is 6.89. The van der Waals surface area contributed by atoms with E-state index in [0.717, 1.165) is 16.9 Å². The summed E-state index contributed by atoms with van der Waals surface area (Å²) >= 11 is 0. The second-order valence-corrected chi connectivity index (χ2v) is 4.49. The highest BCUT2D eigenvalue weighted by Gasteiger charge is 2.11. The van der Waals surface area contributed by atoms with Gasteiger partial charge in [0.05, 0.1) is 0 Å². The molecule has 0 fully saturated rings. The summed E-state index contributed by atoms with van der Waals surface area (Å²) in [5.74, 6) is 1.78. The van der Waals surface area contributed by atoms with Crippen LogP contribution in [-0.2, 0) is 0 Å². The molecule has 0 aromatic carbocycles. The predicted molar refractivity (Wildman–Crippen MR) is 74.2 cm³/mol. The van der Waals surface area contributed by atoms with Crippen LogP contribution in [0.15, 0.2) is 47.5 Å². The van der Waals surface area contributed by atoms with Crippen LogP contribution in [0, 0.1) is 6.92 Å². The van der Waals surface area contributed by atoms with E-state index in [2.05, 4.69) is 25.1 Å². The minimum absolute atomic E-state index is 0.526. The van der Waals surface area contributed by atoms with E-state index in [1.54, 1.807) is 25.5 Å². The van der Waals surface area contributed by atoms with E-state index in [-0.39, 0.29) is 0 Å². The van der Waals surface area contributed by atoms with Gasteiger partial charge in [-0.3, -0.25) is 9.38 Å². The van der Waals surface area contributed by atoms with Crippen molar-refractivity contribution in [2.24, 2.45) is 0 Å². The van der Waals surface area contributed by atoms with Crippen LogP contribution in [-0.4, -0.2) is 29.5 Å². The van der Waals surface area contributed by atoms with Crippen LogP contribution >= 0.6 is 0 Å². The van der Waals surface area contributed by atoms with Gasteiger partial charge >= 0.3 is 0 Å². The van der Waals surface area contributed by atoms with Gasteiger partial charge in [0, 0.05) is 37.3 Å². The highest BCUT2D eigenvalue weighted by Crippen LogP contribution is 2.21. The van der Waals surface area contributed by atoms with Crippen molar-refractivity contribution in [1.82, 2.24) is 29.5 Å². The summed E-state index contributed by atoms with van der Waals surface area (Å²) in [6, 6.07) is 5.56. The fraction of sp³-hybridized carbons (Fsp3) is 0.0714. The van der Waals surface area contributed by atoms with Gasteiger partial charge in [-0.2, -0.15) is 4.98 Å². The Kier molecular flexibility index (Phi) is 2.50. The van der Waals surface area contributed by atoms with Crippen molar-refractivity contribution in [2.75, 3.05) is 0 Å². The quantitative estimate of drug-likeness (QED) is 0.558. The van der Waals surface area contributed by atoms with E-state index in [1.807, 2.05) is 28.8 Å². The van der Waals surface area contributed by atoms with Crippen LogP contribution in [0.3, 0.4) is 0 Å². The SMILES string of the molecule is Cc1nc(-c2ccnc(-c3nccc4nccn34)c2)no1. The maximum atomic E-state index is 5.01. The summed E-state index contributed by atoms with van der Waals surface area (Å²) in [6.45, 7) is 1.76. The maximum Gasteiger partial charge on any atom is 0.223 e. The number of imidazole rings is 1. The highest BCUT2D eigenvalue weighted by atomic mass is 16.5. The Bertz CT molecular complexity index is 926. The molecule has 0 aliphatic rings. The van der Waals surface area contributed by atoms with Gasteiger partial charge in [-0.25, -0.2) is 9.97 Å². The minimum Gasteiger partial charge on any atom is -0.339 e. The number of rotatable bonds is 2. The van der Waals surface area contributed by atoms with Gasteiger partial charge in [-0.15, -0.1) is 0 Å². The van der Waals surface area contributed by atoms with E-state index in [1.165, 1.54) is 0 Å². The first-order valence-corrected chi connectivity index (χ1v) is 6.36. The van der Waals surface area contributed by atoms with Crippen LogP contribution in [0.25, 0.3) is 28.6 Å². The van der Waals surface area contributed by atoms with Crippen LogP contribution < -0.4 is 0 Å². The number of pyridine rings is 1. The third-order valence-electron chi connectivity index (χ3n) is 3.09. The molecule has 7 heteroatoms. The molecule has 0 aliphatic heterocycles. The fourth-order valence-electron chi connectivity index (χ4n) is 2.15. The monoisotopic (exact) mass is 278 g/mol. The van der Waals surface area contributed by atoms with Crippen LogP contribution in [0.4, 0.5) is 0 Å². The molecule has 0 unspecified atom stereocenters. The number of fused-ring (bicyclic) bond motifs is 1. The molecule has 0 N–H and O–H groups in total. The van der Waals surface area contributed by atoms with E-state index in [9.17, 15) is 0 Å². The Hall–Kier alpha value is -3.09. The third kappa shape index (κ3) is 1.95. The lowest BCUT2D eigenvalue weighted by Gasteiger charge is -2.04. The lowest BCUT2D eigenvalue weighted by Crippen LogP contribution is -1.96. The first-order chi connectivity index (χ1) is 10.3. The molecule has 4 rings (SSSR count). The van der Waals surface area contributed by atoms with Crippen molar-refractivity contribution in [3.05, 3.63) is 48.9 Å². The van der Waals surface area contributed by atoms with Crippen molar-refractivity contribution < 1.29 is 4.52 Å². The Balaban J connectivity index is 1.88. The van der Waals surface area contributed by atoms with Crippen molar-refractivity contribution in [2.45, 2.75) is 6.92 Å². The smallest absolute Gasteiger partial charge is 0.223 e. The molecular formula is C14H10N6O. The lowest BCUT2D eigenvalue weighted by atomic mass is 10.2. The Labute approximate surface area is 119 Å². The summed E-state index contributed by atoms with van der Waals surface area (Å²) in [4.78, 5) is 17.2. The summed E-state index contributed by atoms with van der Waals surface area (Å²) in [5, 5.41) is 3.92. The fourth-order valence-corrected chi connectivity index (χ4v) is 2.15. The summed E-state index contributed by atoms with van der Waals surface area (Å²) in [7, 11) is 0. The maximum absolute atomic E-state index is 5.01. The molecule has 0 amide bonds. The third-order valence-corrected chi connectivity index (χ3v) is 3.09. The molecule has 4 aromatic heterocycles. The average Bonchev–Trinajstić information content (AvgIpc) is 3.15. The molecule has 0 aliphatic carbocycles. The van der Waals surface area contributed by atoms with Gasteiger partial charge in [-0.05, 0) is 18.2 Å². The molecule has 4 aromatic rings. The Morgan fingerprint density at radius 2 is 1.95 bits per heavy atom. The zero-order valence-electron chi connectivity index (χ0n) is 11.1. The lowest BCUT2D eigenvalue weighted by molar-refractivity contribution is 0.394. The van der Waals surface area contributed by atoms with E-state index < -0.39 is 0 Å². The van der Waals surface area contributed by atoms with Crippen LogP contribution in [0.1, 0.15) is 5.89 Å². The molecule has 0 spiro atoms. The van der Waals surface area contributed by atoms with Gasteiger partial charge in [0.25, 0.3) is 0 Å². The van der Waals surface area contributed by atoms with Gasteiger partial charge in [0.2, 0.25) is 11.7 Å². The Morgan fingerprint density at radius 1 is 1.05 bits per heavy atom. The minimum atomic E-state index is 0.526. The number of aromatic nitrogens is 6. The summed E-state index contributed by atoms with van der Waals surface area (Å²) in [5.41, 5.74) is 2.37. The molecule has 102 valence electrons. The average molecular weight is 278 g/mol. The Morgan fingerprint density at radius 3 is 2.81 bits per heavy atom. The molecule has 0 saturated heterocycles. The predicted octanol–water partition coefficient (Wildman–Crippen LogP) is 2.15. The largest absolute Gasteiger partial charge is 0.339 e. The molecular weight excluding hydrogens is 268 g/mol. The molecule has 0 bridgehead atoms. The van der Waals surface area contributed by atoms with Crippen molar-refractivity contribution in [1.29, 1.82) is 0 Å². The molecule has 7 nitrogen and oxygen atoms in total. The summed E-state index contributed by atoms with van der Waals surface area (Å²) in [6.07, 6.45) is 7.00. The number of aryl methyl sites for hydroxylation is 1. The molecule has 21 heavy (non-hydrogen) atoms. The molecule has 0 saturated carbocycles. The van der Waals surface area contributed by atoms with Gasteiger partial charge in [-0.1, -0.05) is 5.16 Å². The van der Waals surface area contributed by atoms with Crippen molar-refractivity contribution in [3.8, 4) is 22.9 Å². The van der Waals surface area contributed by atoms with E-state index >= 15 is 0 Å². The number of hydrogen-bond acceptors (Lipinski definition) is 6. The highest BCUT2D eigenvalue weighted by molar-refractivity contribution is 5.63. The van der Waals surface area contributed by atoms with E-state index in [4.69, 9.17) is 4.52 Å². The van der Waals surface area contributed by atoms with Crippen molar-refractivity contribution in [3.63, 3.8) is 0 Å². The molecule has 0 radical (unpaired) electrons. The topological polar surface area (TPSA) is 82.0 Å². The zero-order valence-corrected chi connectivity index (χ0v) is 11.1. The zero-order chi connectivity index (χ0) is 14.2.